The molecule has 13 heteroatoms. The molecule has 3 rings (SSSR count). The summed E-state index contributed by atoms with van der Waals surface area (Å²) < 4.78 is 99.3. The first-order chi connectivity index (χ1) is 15.4. The molecule has 0 radical (unpaired) electrons. The summed E-state index contributed by atoms with van der Waals surface area (Å²) in [6.07, 6.45) is 0. The fourth-order valence-electron chi connectivity index (χ4n) is 2.20. The molecule has 0 saturated heterocycles. The molecule has 0 heterocycles. The number of hydrogen-bond donors (Lipinski definition) is 0. The molecule has 0 aliphatic carbocycles. The van der Waals surface area contributed by atoms with Gasteiger partial charge in [0.05, 0.1) is 12.7 Å². The van der Waals surface area contributed by atoms with E-state index in [9.17, 15) is 22.4 Å². The smallest absolute Gasteiger partial charge is 0.357 e. The molecule has 0 fully saturated rings. The second-order valence-corrected chi connectivity index (χ2v) is 9.61. The highest BCUT2D eigenvalue weighted by atomic mass is 127. The first-order valence-corrected chi connectivity index (χ1v) is 11.8. The summed E-state index contributed by atoms with van der Waals surface area (Å²) in [5.41, 5.74) is -0.00837. The van der Waals surface area contributed by atoms with Crippen LogP contribution >= 0.6 is 0 Å². The molecule has 0 unspecified atom stereocenters. The highest BCUT2D eigenvalue weighted by Gasteiger charge is 2.24. The topological polar surface area (TPSA) is 128 Å². The van der Waals surface area contributed by atoms with Gasteiger partial charge in [0.25, 0.3) is 0 Å². The van der Waals surface area contributed by atoms with Crippen molar-refractivity contribution in [1.82, 2.24) is 0 Å². The molecule has 0 N–H and O–H groups in total. The SMILES string of the molecule is COc1ccc([I+]c2ccc(C(=O)Oc3c(F)c(F)cc(F)c3F)cc2)cc1.[O-][Cl+3]([O-])([O-])[O-]. The number of rotatable bonds is 5. The molecule has 3 aromatic carbocycles. The Bertz CT molecular complexity index is 1080. The van der Waals surface area contributed by atoms with Crippen LogP contribution in [0.3, 0.4) is 0 Å². The number of carbonyl (C=O) groups is 1. The van der Waals surface area contributed by atoms with E-state index in [1.165, 1.54) is 12.1 Å². The molecule has 0 atom stereocenters. The van der Waals surface area contributed by atoms with Gasteiger partial charge in [0.2, 0.25) is 17.4 Å². The van der Waals surface area contributed by atoms with Crippen LogP contribution in [0.15, 0.2) is 54.6 Å². The largest absolute Gasteiger partial charge is 0.497 e. The Balaban J connectivity index is 0.000000696. The zero-order valence-electron chi connectivity index (χ0n) is 16.3. The lowest BCUT2D eigenvalue weighted by atomic mass is 10.2. The van der Waals surface area contributed by atoms with Gasteiger partial charge >= 0.3 is 27.2 Å². The van der Waals surface area contributed by atoms with Crippen LogP contribution in [-0.4, -0.2) is 13.1 Å². The Kier molecular flexibility index (Phi) is 9.39. The summed E-state index contributed by atoms with van der Waals surface area (Å²) in [6.45, 7) is 0. The maximum atomic E-state index is 13.6. The van der Waals surface area contributed by atoms with E-state index in [1.54, 1.807) is 19.2 Å². The second-order valence-electron chi connectivity index (χ2n) is 5.82. The molecular weight excluding hydrogens is 591 g/mol. The highest BCUT2D eigenvalue weighted by Crippen LogP contribution is 2.27. The summed E-state index contributed by atoms with van der Waals surface area (Å²) in [6, 6.07) is 13.8. The fourth-order valence-corrected chi connectivity index (χ4v) is 4.36. The summed E-state index contributed by atoms with van der Waals surface area (Å²) >= 11 is -0.517. The van der Waals surface area contributed by atoms with E-state index in [4.69, 9.17) is 23.4 Å². The van der Waals surface area contributed by atoms with Crippen LogP contribution in [0.5, 0.6) is 11.5 Å². The first-order valence-electron chi connectivity index (χ1n) is 8.45. The van der Waals surface area contributed by atoms with Crippen molar-refractivity contribution in [3.8, 4) is 11.5 Å². The zero-order valence-corrected chi connectivity index (χ0v) is 19.2. The number of ether oxygens (including phenoxy) is 2. The van der Waals surface area contributed by atoms with Crippen LogP contribution in [-0.2, 0) is 0 Å². The molecule has 0 saturated carbocycles. The summed E-state index contributed by atoms with van der Waals surface area (Å²) in [7, 11) is -3.36. The van der Waals surface area contributed by atoms with E-state index in [0.717, 1.165) is 12.9 Å². The highest BCUT2D eigenvalue weighted by molar-refractivity contribution is 5.91. The fraction of sp³-hybridized carbons (Fsp3) is 0.0500. The van der Waals surface area contributed by atoms with Crippen LogP contribution in [0.4, 0.5) is 17.6 Å². The number of halogens is 6. The first kappa shape index (κ1) is 26.8. The van der Waals surface area contributed by atoms with E-state index in [-0.39, 0.29) is 11.6 Å². The summed E-state index contributed by atoms with van der Waals surface area (Å²) in [5.74, 6) is -8.63. The Morgan fingerprint density at radius 2 is 1.24 bits per heavy atom. The molecular formula is C20H12ClF4IO7. The molecule has 7 nitrogen and oxygen atoms in total. The molecule has 3 aromatic rings. The van der Waals surface area contributed by atoms with Crippen molar-refractivity contribution in [1.29, 1.82) is 0 Å². The zero-order chi connectivity index (χ0) is 24.8. The van der Waals surface area contributed by atoms with E-state index in [1.807, 2.05) is 24.3 Å². The summed E-state index contributed by atoms with van der Waals surface area (Å²) in [5, 5.41) is 0. The van der Waals surface area contributed by atoms with Gasteiger partial charge in [-0.2, -0.15) is 8.78 Å². The van der Waals surface area contributed by atoms with Crippen molar-refractivity contribution in [3.05, 3.63) is 90.6 Å². The van der Waals surface area contributed by atoms with Crippen LogP contribution in [0.2, 0.25) is 0 Å². The standard InChI is InChI=1S/C20H12F4IO3.ClHO4/c1-27-14-8-6-13(7-9-14)25-12-4-2-11(3-5-12)20(26)28-19-17(23)15(21)10-16(22)18(19)24;2-1(3,4)5/h2-10H,1H3;(H,2,3,4,5)/q+1;/p-1. The lowest BCUT2D eigenvalue weighted by Crippen LogP contribution is -3.61. The number of methoxy groups -OCH3 is 1. The van der Waals surface area contributed by atoms with Gasteiger partial charge in [-0.3, -0.25) is 0 Å². The van der Waals surface area contributed by atoms with Gasteiger partial charge in [-0.25, -0.2) is 32.2 Å². The molecule has 0 aliphatic rings. The third-order valence-electron chi connectivity index (χ3n) is 3.61. The van der Waals surface area contributed by atoms with E-state index in [0.29, 0.717) is 0 Å². The molecule has 0 amide bonds. The van der Waals surface area contributed by atoms with Crippen molar-refractivity contribution in [2.24, 2.45) is 0 Å². The quantitative estimate of drug-likeness (QED) is 0.0992. The Labute approximate surface area is 196 Å². The minimum atomic E-state index is -4.94. The van der Waals surface area contributed by atoms with Crippen molar-refractivity contribution in [3.63, 3.8) is 0 Å². The van der Waals surface area contributed by atoms with Crippen LogP contribution in [0, 0.1) is 40.7 Å². The number of benzene rings is 3. The maximum Gasteiger partial charge on any atom is 0.357 e. The van der Waals surface area contributed by atoms with Gasteiger partial charge in [0, 0.05) is 6.07 Å². The average molecular weight is 603 g/mol. The predicted octanol–water partition coefficient (Wildman–Crippen LogP) is -3.16. The second kappa shape index (κ2) is 11.6. The van der Waals surface area contributed by atoms with Gasteiger partial charge in [-0.15, -0.1) is 10.2 Å². The normalized spacial score (nSPS) is 10.8. The number of esters is 1. The number of hydrogen-bond acceptors (Lipinski definition) is 7. The lowest BCUT2D eigenvalue weighted by molar-refractivity contribution is -2.00. The Morgan fingerprint density at radius 1 is 0.818 bits per heavy atom. The van der Waals surface area contributed by atoms with Crippen molar-refractivity contribution in [2.75, 3.05) is 7.11 Å². The van der Waals surface area contributed by atoms with Crippen LogP contribution in [0.1, 0.15) is 10.4 Å². The van der Waals surface area contributed by atoms with E-state index in [2.05, 4.69) is 4.74 Å². The van der Waals surface area contributed by atoms with E-state index >= 15 is 0 Å². The van der Waals surface area contributed by atoms with Gasteiger partial charge in [0.15, 0.2) is 18.8 Å². The van der Waals surface area contributed by atoms with E-state index < -0.39 is 66.4 Å². The molecule has 176 valence electrons. The van der Waals surface area contributed by atoms with Gasteiger partial charge < -0.3 is 9.47 Å². The predicted molar refractivity (Wildman–Crippen MR) is 88.1 cm³/mol. The molecule has 0 bridgehead atoms. The van der Waals surface area contributed by atoms with Crippen molar-refractivity contribution < 1.29 is 81.9 Å². The number of carbonyl (C=O) groups excluding carboxylic acids is 1. The van der Waals surface area contributed by atoms with Crippen LogP contribution < -0.4 is 49.3 Å². The molecule has 0 spiro atoms. The summed E-state index contributed by atoms with van der Waals surface area (Å²) in [4.78, 5) is 12.1. The molecule has 0 aliphatic heterocycles. The van der Waals surface area contributed by atoms with Gasteiger partial charge in [0.1, 0.15) is 5.75 Å². The van der Waals surface area contributed by atoms with Gasteiger partial charge in [-0.05, 0) is 48.5 Å². The van der Waals surface area contributed by atoms with Gasteiger partial charge in [-0.1, -0.05) is 0 Å². The maximum absolute atomic E-state index is 13.6. The molecule has 0 aromatic heterocycles. The monoisotopic (exact) mass is 602 g/mol. The average Bonchev–Trinajstić information content (AvgIpc) is 2.75. The third-order valence-corrected chi connectivity index (χ3v) is 6.30. The Morgan fingerprint density at radius 3 is 1.67 bits per heavy atom. The van der Waals surface area contributed by atoms with Crippen molar-refractivity contribution >= 4 is 5.97 Å². The Hall–Kier alpha value is -2.49. The minimum Gasteiger partial charge on any atom is -0.497 e. The van der Waals surface area contributed by atoms with Crippen molar-refractivity contribution in [2.45, 2.75) is 0 Å². The third kappa shape index (κ3) is 8.42. The van der Waals surface area contributed by atoms with Crippen LogP contribution in [0.25, 0.3) is 0 Å². The minimum absolute atomic E-state index is 0.00837. The molecule has 33 heavy (non-hydrogen) atoms. The lowest BCUT2D eigenvalue weighted by Gasteiger charge is -2.17.